The van der Waals surface area contributed by atoms with Gasteiger partial charge in [-0.1, -0.05) is 31.1 Å². The Morgan fingerprint density at radius 1 is 1.32 bits per heavy atom. The van der Waals surface area contributed by atoms with Crippen molar-refractivity contribution < 1.29 is 14.1 Å². The maximum Gasteiger partial charge on any atom is 0.257 e. The number of nitrogens with zero attached hydrogens (tertiary/aromatic N) is 3. The molecule has 1 aliphatic rings. The zero-order chi connectivity index (χ0) is 22.0. The van der Waals surface area contributed by atoms with Gasteiger partial charge in [0.2, 0.25) is 0 Å². The Bertz CT molecular complexity index is 1040. The minimum atomic E-state index is -0.119. The number of benzene rings is 1. The Morgan fingerprint density at radius 2 is 2.10 bits per heavy atom. The first-order valence-electron chi connectivity index (χ1n) is 10.9. The molecule has 1 fully saturated rings. The first kappa shape index (κ1) is 21.3. The van der Waals surface area contributed by atoms with Gasteiger partial charge in [0.25, 0.3) is 11.6 Å². The summed E-state index contributed by atoms with van der Waals surface area (Å²) in [5.41, 5.74) is 3.07. The number of likely N-dealkylation sites (tertiary alicyclic amines) is 1. The zero-order valence-electron chi connectivity index (χ0n) is 18.6. The number of carbonyl (C=O) groups is 1. The van der Waals surface area contributed by atoms with Crippen LogP contribution in [0.25, 0.3) is 11.1 Å². The van der Waals surface area contributed by atoms with E-state index in [1.54, 1.807) is 13.3 Å². The molecule has 4 rings (SSSR count). The van der Waals surface area contributed by atoms with E-state index in [4.69, 9.17) is 9.26 Å². The number of hydrogen-bond donors (Lipinski definition) is 1. The fraction of sp³-hybridized carbons (Fsp3) is 0.458. The van der Waals surface area contributed by atoms with Gasteiger partial charge in [-0.3, -0.25) is 9.69 Å². The SMILES string of the molecule is COc1ccc(C2C(CNC(=O)c3cnc4onc(C(C)C)c4c3)CCCN2C)cc1. The first-order valence-corrected chi connectivity index (χ1v) is 10.9. The van der Waals surface area contributed by atoms with Crippen molar-refractivity contribution in [3.05, 3.63) is 53.3 Å². The van der Waals surface area contributed by atoms with E-state index < -0.39 is 0 Å². The lowest BCUT2D eigenvalue weighted by Crippen LogP contribution is -2.41. The van der Waals surface area contributed by atoms with Crippen molar-refractivity contribution in [2.75, 3.05) is 27.2 Å². The smallest absolute Gasteiger partial charge is 0.257 e. The number of aromatic nitrogens is 2. The average molecular weight is 423 g/mol. The average Bonchev–Trinajstić information content (AvgIpc) is 3.21. The third-order valence-corrected chi connectivity index (χ3v) is 6.16. The van der Waals surface area contributed by atoms with Crippen molar-refractivity contribution in [2.45, 2.75) is 38.6 Å². The summed E-state index contributed by atoms with van der Waals surface area (Å²) in [7, 11) is 3.83. The Hall–Kier alpha value is -2.93. The summed E-state index contributed by atoms with van der Waals surface area (Å²) in [5, 5.41) is 8.03. The molecule has 0 aliphatic carbocycles. The van der Waals surface area contributed by atoms with E-state index in [1.807, 2.05) is 32.0 Å². The highest BCUT2D eigenvalue weighted by Crippen LogP contribution is 2.35. The summed E-state index contributed by atoms with van der Waals surface area (Å²) in [4.78, 5) is 19.6. The van der Waals surface area contributed by atoms with Crippen LogP contribution >= 0.6 is 0 Å². The fourth-order valence-corrected chi connectivity index (χ4v) is 4.52. The molecule has 1 saturated heterocycles. The van der Waals surface area contributed by atoms with Crippen molar-refractivity contribution in [1.29, 1.82) is 0 Å². The molecular formula is C24H30N4O3. The molecule has 3 aromatic rings. The summed E-state index contributed by atoms with van der Waals surface area (Å²) >= 11 is 0. The first-order chi connectivity index (χ1) is 15.0. The molecule has 2 atom stereocenters. The normalized spacial score (nSPS) is 19.6. The lowest BCUT2D eigenvalue weighted by molar-refractivity contribution is 0.0891. The zero-order valence-corrected chi connectivity index (χ0v) is 18.6. The topological polar surface area (TPSA) is 80.5 Å². The molecule has 0 radical (unpaired) electrons. The standard InChI is InChI=1S/C24H30N4O3/c1-15(2)21-20-12-18(14-26-24(20)31-27-21)23(29)25-13-17-6-5-11-28(3)22(17)16-7-9-19(30-4)10-8-16/h7-10,12,14-15,17,22H,5-6,11,13H2,1-4H3,(H,25,29). The molecular weight excluding hydrogens is 392 g/mol. The van der Waals surface area contributed by atoms with E-state index in [-0.39, 0.29) is 17.9 Å². The monoisotopic (exact) mass is 422 g/mol. The number of amides is 1. The van der Waals surface area contributed by atoms with Crippen molar-refractivity contribution in [2.24, 2.45) is 5.92 Å². The van der Waals surface area contributed by atoms with Gasteiger partial charge in [0.05, 0.1) is 23.8 Å². The van der Waals surface area contributed by atoms with E-state index in [1.165, 1.54) is 5.56 Å². The van der Waals surface area contributed by atoms with Crippen LogP contribution in [0.1, 0.15) is 60.3 Å². The second kappa shape index (κ2) is 9.06. The molecule has 7 nitrogen and oxygen atoms in total. The second-order valence-electron chi connectivity index (χ2n) is 8.61. The van der Waals surface area contributed by atoms with Crippen LogP contribution < -0.4 is 10.1 Å². The van der Waals surface area contributed by atoms with Crippen LogP contribution in [0.3, 0.4) is 0 Å². The van der Waals surface area contributed by atoms with Crippen LogP contribution in [0.15, 0.2) is 41.1 Å². The third-order valence-electron chi connectivity index (χ3n) is 6.16. The van der Waals surface area contributed by atoms with Gasteiger partial charge in [0, 0.05) is 18.8 Å². The third kappa shape index (κ3) is 4.42. The van der Waals surface area contributed by atoms with Crippen LogP contribution in [0.2, 0.25) is 0 Å². The summed E-state index contributed by atoms with van der Waals surface area (Å²) in [6.45, 7) is 5.75. The van der Waals surface area contributed by atoms with Crippen LogP contribution in [0.4, 0.5) is 0 Å². The maximum absolute atomic E-state index is 12.9. The highest BCUT2D eigenvalue weighted by Gasteiger charge is 2.31. The summed E-state index contributed by atoms with van der Waals surface area (Å²) in [5.74, 6) is 1.26. The van der Waals surface area contributed by atoms with Crippen molar-refractivity contribution >= 4 is 17.0 Å². The quantitative estimate of drug-likeness (QED) is 0.642. The molecule has 2 unspecified atom stereocenters. The largest absolute Gasteiger partial charge is 0.497 e. The molecule has 3 heterocycles. The number of fused-ring (bicyclic) bond motifs is 1. The molecule has 0 bridgehead atoms. The van der Waals surface area contributed by atoms with Gasteiger partial charge in [0.1, 0.15) is 5.75 Å². The van der Waals surface area contributed by atoms with E-state index in [0.29, 0.717) is 23.7 Å². The minimum absolute atomic E-state index is 0.119. The molecule has 2 aromatic heterocycles. The van der Waals surface area contributed by atoms with Gasteiger partial charge in [-0.15, -0.1) is 0 Å². The molecule has 7 heteroatoms. The molecule has 1 aromatic carbocycles. The second-order valence-corrected chi connectivity index (χ2v) is 8.61. The summed E-state index contributed by atoms with van der Waals surface area (Å²) in [6, 6.07) is 10.3. The van der Waals surface area contributed by atoms with Crippen LogP contribution in [-0.2, 0) is 0 Å². The lowest BCUT2D eigenvalue weighted by atomic mass is 9.85. The Morgan fingerprint density at radius 3 is 2.81 bits per heavy atom. The predicted octanol–water partition coefficient (Wildman–Crippen LogP) is 4.17. The van der Waals surface area contributed by atoms with Crippen molar-refractivity contribution in [1.82, 2.24) is 20.4 Å². The van der Waals surface area contributed by atoms with Crippen LogP contribution in [-0.4, -0.2) is 48.2 Å². The fourth-order valence-electron chi connectivity index (χ4n) is 4.52. The maximum atomic E-state index is 12.9. The number of carbonyl (C=O) groups excluding carboxylic acids is 1. The van der Waals surface area contributed by atoms with Crippen LogP contribution in [0, 0.1) is 5.92 Å². The lowest BCUT2D eigenvalue weighted by Gasteiger charge is -2.39. The summed E-state index contributed by atoms with van der Waals surface area (Å²) in [6.07, 6.45) is 3.75. The Kier molecular flexibility index (Phi) is 6.23. The number of piperidine rings is 1. The highest BCUT2D eigenvalue weighted by atomic mass is 16.5. The van der Waals surface area contributed by atoms with Gasteiger partial charge >= 0.3 is 0 Å². The van der Waals surface area contributed by atoms with E-state index >= 15 is 0 Å². The van der Waals surface area contributed by atoms with Crippen molar-refractivity contribution in [3.63, 3.8) is 0 Å². The molecule has 164 valence electrons. The van der Waals surface area contributed by atoms with Crippen LogP contribution in [0.5, 0.6) is 5.75 Å². The van der Waals surface area contributed by atoms with Crippen molar-refractivity contribution in [3.8, 4) is 5.75 Å². The van der Waals surface area contributed by atoms with Gasteiger partial charge in [-0.2, -0.15) is 0 Å². The molecule has 1 aliphatic heterocycles. The Labute approximate surface area is 182 Å². The van der Waals surface area contributed by atoms with Gasteiger partial charge in [-0.05, 0) is 62.0 Å². The molecule has 1 N–H and O–H groups in total. The number of methoxy groups -OCH3 is 1. The molecule has 1 amide bonds. The number of rotatable bonds is 6. The minimum Gasteiger partial charge on any atom is -0.497 e. The molecule has 0 spiro atoms. The van der Waals surface area contributed by atoms with E-state index in [0.717, 1.165) is 36.2 Å². The van der Waals surface area contributed by atoms with Gasteiger partial charge < -0.3 is 14.6 Å². The number of ether oxygens (including phenoxy) is 1. The van der Waals surface area contributed by atoms with Gasteiger partial charge in [0.15, 0.2) is 0 Å². The van der Waals surface area contributed by atoms with E-state index in [2.05, 4.69) is 39.5 Å². The Balaban J connectivity index is 1.49. The molecule has 0 saturated carbocycles. The van der Waals surface area contributed by atoms with E-state index in [9.17, 15) is 4.79 Å². The highest BCUT2D eigenvalue weighted by molar-refractivity contribution is 5.97. The predicted molar refractivity (Wildman–Crippen MR) is 119 cm³/mol. The number of nitrogens with one attached hydrogen (secondary N) is 1. The summed E-state index contributed by atoms with van der Waals surface area (Å²) < 4.78 is 10.6. The molecule has 31 heavy (non-hydrogen) atoms. The van der Waals surface area contributed by atoms with Gasteiger partial charge in [-0.25, -0.2) is 4.98 Å². The number of hydrogen-bond acceptors (Lipinski definition) is 6. The number of pyridine rings is 1.